The van der Waals surface area contributed by atoms with Gasteiger partial charge < -0.3 is 19.8 Å². The topological polar surface area (TPSA) is 114 Å². The number of nitrogens with zero attached hydrogens (tertiary/aromatic N) is 3. The molecule has 0 radical (unpaired) electrons. The van der Waals surface area contributed by atoms with E-state index >= 15 is 0 Å². The molecule has 1 aromatic rings. The summed E-state index contributed by atoms with van der Waals surface area (Å²) in [5.41, 5.74) is 0.669. The average Bonchev–Trinajstić information content (AvgIpc) is 2.63. The van der Waals surface area contributed by atoms with Gasteiger partial charge in [-0.1, -0.05) is 6.92 Å². The first-order valence-corrected chi connectivity index (χ1v) is 8.00. The van der Waals surface area contributed by atoms with Crippen LogP contribution in [0.3, 0.4) is 0 Å². The second kappa shape index (κ2) is 11.0. The van der Waals surface area contributed by atoms with E-state index in [0.717, 1.165) is 45.0 Å². The number of rotatable bonds is 5. The fraction of sp³-hybridized carbons (Fsp3) is 0.471. The molecule has 1 heterocycles. The molecule has 1 aromatic carbocycles. The zero-order valence-electron chi connectivity index (χ0n) is 14.2. The Bertz CT molecular complexity index is 577. The highest BCUT2D eigenvalue weighted by Gasteiger charge is 2.14. The minimum Gasteiger partial charge on any atom is -0.492 e. The molecule has 1 saturated heterocycles. The Labute approximate surface area is 146 Å². The van der Waals surface area contributed by atoms with Crippen molar-refractivity contribution < 1.29 is 24.5 Å². The van der Waals surface area contributed by atoms with E-state index in [-0.39, 0.29) is 0 Å². The molecule has 8 nitrogen and oxygen atoms in total. The van der Waals surface area contributed by atoms with Gasteiger partial charge in [0, 0.05) is 32.7 Å². The number of carbonyl (C=O) groups is 2. The van der Waals surface area contributed by atoms with E-state index in [1.54, 1.807) is 12.1 Å². The standard InChI is InChI=1S/C15H21N3O.C2H2O4/c1-2-17-7-9-18(10-8-17)11-12-19-15-5-3-14(13-16)4-6-15;3-1(4)2(5)6/h3-6H,2,7-12H2,1H3;(H,3,4)(H,5,6). The van der Waals surface area contributed by atoms with E-state index in [1.165, 1.54) is 0 Å². The third-order valence-corrected chi connectivity index (χ3v) is 3.75. The van der Waals surface area contributed by atoms with Crippen LogP contribution in [0.25, 0.3) is 0 Å². The van der Waals surface area contributed by atoms with Gasteiger partial charge in [-0.2, -0.15) is 5.26 Å². The van der Waals surface area contributed by atoms with Gasteiger partial charge in [0.05, 0.1) is 11.6 Å². The number of hydrogen-bond donors (Lipinski definition) is 2. The second-order valence-corrected chi connectivity index (χ2v) is 5.37. The lowest BCUT2D eigenvalue weighted by Gasteiger charge is -2.33. The summed E-state index contributed by atoms with van der Waals surface area (Å²) in [6.45, 7) is 9.62. The highest BCUT2D eigenvalue weighted by atomic mass is 16.5. The van der Waals surface area contributed by atoms with Gasteiger partial charge in [0.15, 0.2) is 0 Å². The van der Waals surface area contributed by atoms with Crippen LogP contribution in [0.5, 0.6) is 5.75 Å². The molecule has 1 fully saturated rings. The molecule has 0 spiro atoms. The zero-order chi connectivity index (χ0) is 18.7. The number of ether oxygens (including phenoxy) is 1. The van der Waals surface area contributed by atoms with Gasteiger partial charge in [0.1, 0.15) is 12.4 Å². The molecule has 0 amide bonds. The van der Waals surface area contributed by atoms with Crippen molar-refractivity contribution in [2.45, 2.75) is 6.92 Å². The highest BCUT2D eigenvalue weighted by molar-refractivity contribution is 6.27. The smallest absolute Gasteiger partial charge is 0.414 e. The first kappa shape index (κ1) is 20.4. The molecular formula is C17H23N3O5. The van der Waals surface area contributed by atoms with E-state index in [9.17, 15) is 0 Å². The van der Waals surface area contributed by atoms with Crippen molar-refractivity contribution in [2.24, 2.45) is 0 Å². The number of benzene rings is 1. The maximum Gasteiger partial charge on any atom is 0.414 e. The SMILES string of the molecule is CCN1CCN(CCOc2ccc(C#N)cc2)CC1.O=C(O)C(=O)O. The predicted octanol–water partition coefficient (Wildman–Crippen LogP) is 0.730. The fourth-order valence-electron chi connectivity index (χ4n) is 2.25. The van der Waals surface area contributed by atoms with Gasteiger partial charge in [0.25, 0.3) is 0 Å². The molecule has 25 heavy (non-hydrogen) atoms. The van der Waals surface area contributed by atoms with Gasteiger partial charge in [-0.05, 0) is 30.8 Å². The van der Waals surface area contributed by atoms with Crippen LogP contribution in [0.4, 0.5) is 0 Å². The molecule has 0 saturated carbocycles. The lowest BCUT2D eigenvalue weighted by atomic mass is 10.2. The summed E-state index contributed by atoms with van der Waals surface area (Å²) in [6.07, 6.45) is 0. The highest BCUT2D eigenvalue weighted by Crippen LogP contribution is 2.11. The minimum absolute atomic E-state index is 0.669. The summed E-state index contributed by atoms with van der Waals surface area (Å²) in [5.74, 6) is -2.81. The van der Waals surface area contributed by atoms with E-state index in [2.05, 4.69) is 22.8 Å². The summed E-state index contributed by atoms with van der Waals surface area (Å²) in [5, 5.41) is 23.5. The molecule has 8 heteroatoms. The van der Waals surface area contributed by atoms with Gasteiger partial charge in [0.2, 0.25) is 0 Å². The van der Waals surface area contributed by atoms with Crippen molar-refractivity contribution in [3.63, 3.8) is 0 Å². The molecule has 0 bridgehead atoms. The molecule has 2 N–H and O–H groups in total. The molecule has 0 atom stereocenters. The predicted molar refractivity (Wildman–Crippen MR) is 90.5 cm³/mol. The van der Waals surface area contributed by atoms with Crippen LogP contribution < -0.4 is 4.74 Å². The molecule has 1 aliphatic heterocycles. The second-order valence-electron chi connectivity index (χ2n) is 5.37. The quantitative estimate of drug-likeness (QED) is 0.748. The number of hydrogen-bond acceptors (Lipinski definition) is 6. The van der Waals surface area contributed by atoms with Crippen LogP contribution in [0.15, 0.2) is 24.3 Å². The van der Waals surface area contributed by atoms with Crippen molar-refractivity contribution in [2.75, 3.05) is 45.9 Å². The van der Waals surface area contributed by atoms with Crippen molar-refractivity contribution >= 4 is 11.9 Å². The fourth-order valence-corrected chi connectivity index (χ4v) is 2.25. The summed E-state index contributed by atoms with van der Waals surface area (Å²) in [4.78, 5) is 23.1. The summed E-state index contributed by atoms with van der Waals surface area (Å²) in [6, 6.07) is 9.39. The maximum atomic E-state index is 9.10. The molecule has 1 aliphatic rings. The number of aliphatic carboxylic acids is 2. The van der Waals surface area contributed by atoms with Gasteiger partial charge >= 0.3 is 11.9 Å². The molecule has 0 unspecified atom stereocenters. The van der Waals surface area contributed by atoms with Crippen molar-refractivity contribution in [1.82, 2.24) is 9.80 Å². The zero-order valence-corrected chi connectivity index (χ0v) is 14.2. The normalized spacial score (nSPS) is 14.7. The van der Waals surface area contributed by atoms with Gasteiger partial charge in [-0.3, -0.25) is 4.90 Å². The first-order valence-electron chi connectivity index (χ1n) is 8.00. The van der Waals surface area contributed by atoms with Crippen LogP contribution in [0, 0.1) is 11.3 Å². The van der Waals surface area contributed by atoms with Crippen LogP contribution in [-0.4, -0.2) is 77.8 Å². The number of piperazine rings is 1. The monoisotopic (exact) mass is 349 g/mol. The average molecular weight is 349 g/mol. The number of nitriles is 1. The summed E-state index contributed by atoms with van der Waals surface area (Å²) < 4.78 is 5.70. The Morgan fingerprint density at radius 2 is 1.60 bits per heavy atom. The van der Waals surface area contributed by atoms with E-state index < -0.39 is 11.9 Å². The van der Waals surface area contributed by atoms with Gasteiger partial charge in [-0.25, -0.2) is 9.59 Å². The van der Waals surface area contributed by atoms with E-state index in [0.29, 0.717) is 12.2 Å². The molecule has 136 valence electrons. The molecule has 0 aliphatic carbocycles. The Morgan fingerprint density at radius 3 is 2.04 bits per heavy atom. The molecule has 0 aromatic heterocycles. The van der Waals surface area contributed by atoms with Crippen molar-refractivity contribution in [1.29, 1.82) is 5.26 Å². The van der Waals surface area contributed by atoms with Crippen molar-refractivity contribution in [3.8, 4) is 11.8 Å². The Morgan fingerprint density at radius 1 is 1.08 bits per heavy atom. The third kappa shape index (κ3) is 8.15. The lowest BCUT2D eigenvalue weighted by Crippen LogP contribution is -2.47. The summed E-state index contributed by atoms with van der Waals surface area (Å²) in [7, 11) is 0. The Kier molecular flexibility index (Phi) is 9.00. The molecule has 2 rings (SSSR count). The Hall–Kier alpha value is -2.63. The minimum atomic E-state index is -1.82. The Balaban J connectivity index is 0.000000450. The number of likely N-dealkylation sites (N-methyl/N-ethyl adjacent to an activating group) is 1. The largest absolute Gasteiger partial charge is 0.492 e. The number of carboxylic acid groups (broad SMARTS) is 2. The van der Waals surface area contributed by atoms with Crippen LogP contribution >= 0.6 is 0 Å². The van der Waals surface area contributed by atoms with E-state index in [1.807, 2.05) is 12.1 Å². The van der Waals surface area contributed by atoms with E-state index in [4.69, 9.17) is 29.8 Å². The van der Waals surface area contributed by atoms with Gasteiger partial charge in [-0.15, -0.1) is 0 Å². The number of carboxylic acids is 2. The maximum absolute atomic E-state index is 9.10. The van der Waals surface area contributed by atoms with Crippen LogP contribution in [0.2, 0.25) is 0 Å². The van der Waals surface area contributed by atoms with Crippen LogP contribution in [-0.2, 0) is 9.59 Å². The third-order valence-electron chi connectivity index (χ3n) is 3.75. The first-order chi connectivity index (χ1) is 12.0. The molecular weight excluding hydrogens is 326 g/mol. The van der Waals surface area contributed by atoms with Crippen LogP contribution in [0.1, 0.15) is 12.5 Å². The lowest BCUT2D eigenvalue weighted by molar-refractivity contribution is -0.159. The van der Waals surface area contributed by atoms with Crippen molar-refractivity contribution in [3.05, 3.63) is 29.8 Å². The summed E-state index contributed by atoms with van der Waals surface area (Å²) >= 11 is 0.